The monoisotopic (exact) mass is 593 g/mol. The number of rotatable bonds is 10. The van der Waals surface area contributed by atoms with E-state index < -0.39 is 17.6 Å². The average Bonchev–Trinajstić information content (AvgIpc) is 2.93. The molecule has 8 nitrogen and oxygen atoms in total. The third-order valence-corrected chi connectivity index (χ3v) is 6.09. The Kier molecular flexibility index (Phi) is 9.11. The molecule has 0 aliphatic carbocycles. The van der Waals surface area contributed by atoms with E-state index in [-0.39, 0.29) is 6.61 Å². The molecule has 4 aromatic carbocycles. The van der Waals surface area contributed by atoms with Crippen molar-refractivity contribution >= 4 is 50.4 Å². The van der Waals surface area contributed by atoms with E-state index in [2.05, 4.69) is 31.8 Å². The number of benzene rings is 4. The van der Waals surface area contributed by atoms with E-state index in [1.807, 2.05) is 31.2 Å². The van der Waals surface area contributed by atoms with Crippen LogP contribution in [0.15, 0.2) is 82.4 Å². The van der Waals surface area contributed by atoms with Crippen LogP contribution in [0.5, 0.6) is 17.2 Å². The fourth-order valence-corrected chi connectivity index (χ4v) is 4.30. The number of nitrogens with one attached hydrogen (secondary N) is 2. The first-order valence-electron chi connectivity index (χ1n) is 11.9. The Hall–Kier alpha value is -4.44. The summed E-state index contributed by atoms with van der Waals surface area (Å²) in [5.74, 6) is -0.101. The molecule has 0 atom stereocenters. The Labute approximate surface area is 232 Å². The molecular weight excluding hydrogens is 569 g/mol. The quantitative estimate of drug-likeness (QED) is 0.175. The smallest absolute Gasteiger partial charge is 0.275 e. The van der Waals surface area contributed by atoms with Crippen molar-refractivity contribution in [3.05, 3.63) is 94.2 Å². The molecule has 4 rings (SSSR count). The molecule has 0 aliphatic heterocycles. The van der Waals surface area contributed by atoms with Crippen molar-refractivity contribution in [2.75, 3.05) is 25.6 Å². The number of fused-ring (bicyclic) bond motifs is 1. The van der Waals surface area contributed by atoms with Crippen LogP contribution in [-0.4, -0.2) is 38.4 Å². The number of methoxy groups -OCH3 is 1. The lowest BCUT2D eigenvalue weighted by Gasteiger charge is -2.14. The Balaban J connectivity index is 1.44. The zero-order chi connectivity index (χ0) is 27.8. The van der Waals surface area contributed by atoms with Gasteiger partial charge in [-0.3, -0.25) is 9.59 Å². The normalized spacial score (nSPS) is 10.9. The van der Waals surface area contributed by atoms with Crippen molar-refractivity contribution in [1.82, 2.24) is 5.43 Å². The van der Waals surface area contributed by atoms with Crippen LogP contribution in [0, 0.1) is 5.82 Å². The minimum Gasteiger partial charge on any atom is -0.496 e. The highest BCUT2D eigenvalue weighted by Gasteiger charge is 2.15. The summed E-state index contributed by atoms with van der Waals surface area (Å²) in [7, 11) is 1.51. The lowest BCUT2D eigenvalue weighted by atomic mass is 10.1. The van der Waals surface area contributed by atoms with Crippen molar-refractivity contribution in [2.24, 2.45) is 5.10 Å². The number of ether oxygens (including phenoxy) is 3. The van der Waals surface area contributed by atoms with E-state index in [4.69, 9.17) is 14.2 Å². The topological polar surface area (TPSA) is 98.2 Å². The summed E-state index contributed by atoms with van der Waals surface area (Å²) in [6, 6.07) is 20.0. The number of nitrogens with zero attached hydrogens (tertiary/aromatic N) is 1. The summed E-state index contributed by atoms with van der Waals surface area (Å²) in [6.07, 6.45) is 1.46. The second kappa shape index (κ2) is 12.9. The summed E-state index contributed by atoms with van der Waals surface area (Å²) in [4.78, 5) is 25.1. The van der Waals surface area contributed by atoms with Crippen molar-refractivity contribution < 1.29 is 28.2 Å². The summed E-state index contributed by atoms with van der Waals surface area (Å²) in [5, 5.41) is 8.58. The molecule has 0 bridgehead atoms. The molecule has 0 radical (unpaired) electrons. The second-order valence-corrected chi connectivity index (χ2v) is 9.06. The van der Waals surface area contributed by atoms with Gasteiger partial charge in [0, 0.05) is 5.69 Å². The van der Waals surface area contributed by atoms with Gasteiger partial charge in [0.1, 0.15) is 11.6 Å². The summed E-state index contributed by atoms with van der Waals surface area (Å²) < 4.78 is 30.4. The zero-order valence-corrected chi connectivity index (χ0v) is 22.8. The van der Waals surface area contributed by atoms with Gasteiger partial charge in [-0.1, -0.05) is 24.3 Å². The highest BCUT2D eigenvalue weighted by molar-refractivity contribution is 9.10. The minimum atomic E-state index is -0.426. The third-order valence-electron chi connectivity index (χ3n) is 5.50. The predicted molar refractivity (Wildman–Crippen MR) is 151 cm³/mol. The highest BCUT2D eigenvalue weighted by Crippen LogP contribution is 2.36. The van der Waals surface area contributed by atoms with Gasteiger partial charge in [-0.05, 0) is 87.7 Å². The number of halogens is 2. The van der Waals surface area contributed by atoms with E-state index in [1.165, 1.54) is 37.6 Å². The molecule has 10 heteroatoms. The molecule has 4 aromatic rings. The molecule has 0 fully saturated rings. The van der Waals surface area contributed by atoms with Gasteiger partial charge in [-0.2, -0.15) is 5.10 Å². The number of hydrogen-bond donors (Lipinski definition) is 2. The van der Waals surface area contributed by atoms with E-state index in [0.717, 1.165) is 10.8 Å². The van der Waals surface area contributed by atoms with Crippen LogP contribution in [0.1, 0.15) is 22.8 Å². The van der Waals surface area contributed by atoms with Crippen molar-refractivity contribution in [3.8, 4) is 17.2 Å². The van der Waals surface area contributed by atoms with Gasteiger partial charge < -0.3 is 19.5 Å². The molecule has 0 spiro atoms. The van der Waals surface area contributed by atoms with Crippen molar-refractivity contribution in [2.45, 2.75) is 6.92 Å². The molecule has 0 heterocycles. The van der Waals surface area contributed by atoms with Crippen LogP contribution >= 0.6 is 15.9 Å². The van der Waals surface area contributed by atoms with Crippen LogP contribution in [-0.2, 0) is 4.79 Å². The predicted octanol–water partition coefficient (Wildman–Crippen LogP) is 5.93. The van der Waals surface area contributed by atoms with E-state index in [0.29, 0.717) is 45.1 Å². The number of carbonyl (C=O) groups is 2. The standard InChI is InChI=1S/C29H25BrFN3O5/c1-3-38-26-13-18(12-24(30)28(26)39-17-27(35)33-22-10-8-21(31)9-11-22)16-32-34-29(36)23-14-19-6-4-5-7-20(19)15-25(23)37-2/h4-16H,3,17H2,1-2H3,(H,33,35)(H,34,36)/b32-16-. The Bertz CT molecular complexity index is 1530. The van der Waals surface area contributed by atoms with E-state index in [1.54, 1.807) is 24.3 Å². The Morgan fingerprint density at radius 1 is 0.974 bits per heavy atom. The van der Waals surface area contributed by atoms with Crippen molar-refractivity contribution in [1.29, 1.82) is 0 Å². The molecule has 0 saturated heterocycles. The molecular formula is C29H25BrFN3O5. The first-order valence-corrected chi connectivity index (χ1v) is 12.7. The van der Waals surface area contributed by atoms with Crippen LogP contribution < -0.4 is 25.0 Å². The maximum absolute atomic E-state index is 13.1. The van der Waals surface area contributed by atoms with Gasteiger partial charge in [0.25, 0.3) is 11.8 Å². The van der Waals surface area contributed by atoms with Crippen LogP contribution in [0.3, 0.4) is 0 Å². The van der Waals surface area contributed by atoms with Gasteiger partial charge in [0.15, 0.2) is 18.1 Å². The van der Waals surface area contributed by atoms with Gasteiger partial charge in [0.05, 0.1) is 30.0 Å². The summed E-state index contributed by atoms with van der Waals surface area (Å²) in [6.45, 7) is 1.87. The minimum absolute atomic E-state index is 0.298. The number of hydrogen-bond acceptors (Lipinski definition) is 6. The van der Waals surface area contributed by atoms with Gasteiger partial charge >= 0.3 is 0 Å². The van der Waals surface area contributed by atoms with Crippen molar-refractivity contribution in [3.63, 3.8) is 0 Å². The number of hydrazone groups is 1. The SMILES string of the molecule is CCOc1cc(/C=N\NC(=O)c2cc3ccccc3cc2OC)cc(Br)c1OCC(=O)Nc1ccc(F)cc1. The van der Waals surface area contributed by atoms with Crippen LogP contribution in [0.2, 0.25) is 0 Å². The number of anilines is 1. The lowest BCUT2D eigenvalue weighted by Crippen LogP contribution is -2.20. The lowest BCUT2D eigenvalue weighted by molar-refractivity contribution is -0.118. The first kappa shape index (κ1) is 27.6. The van der Waals surface area contributed by atoms with Crippen LogP contribution in [0.4, 0.5) is 10.1 Å². The fraction of sp³-hybridized carbons (Fsp3) is 0.138. The first-order chi connectivity index (χ1) is 18.9. The third kappa shape index (κ3) is 7.11. The molecule has 2 amide bonds. The van der Waals surface area contributed by atoms with Crippen LogP contribution in [0.25, 0.3) is 10.8 Å². The van der Waals surface area contributed by atoms with E-state index >= 15 is 0 Å². The van der Waals surface area contributed by atoms with E-state index in [9.17, 15) is 14.0 Å². The number of carbonyl (C=O) groups excluding carboxylic acids is 2. The molecule has 39 heavy (non-hydrogen) atoms. The molecule has 200 valence electrons. The largest absolute Gasteiger partial charge is 0.496 e. The zero-order valence-electron chi connectivity index (χ0n) is 21.2. The van der Waals surface area contributed by atoms with Gasteiger partial charge in [-0.15, -0.1) is 0 Å². The maximum atomic E-state index is 13.1. The molecule has 2 N–H and O–H groups in total. The molecule has 0 aliphatic rings. The second-order valence-electron chi connectivity index (χ2n) is 8.21. The van der Waals surface area contributed by atoms with Gasteiger partial charge in [0.2, 0.25) is 0 Å². The fourth-order valence-electron chi connectivity index (χ4n) is 3.72. The number of amides is 2. The summed E-state index contributed by atoms with van der Waals surface area (Å²) in [5.41, 5.74) is 3.94. The molecule has 0 aromatic heterocycles. The average molecular weight is 594 g/mol. The molecule has 0 saturated carbocycles. The Morgan fingerprint density at radius 2 is 1.69 bits per heavy atom. The molecule has 0 unspecified atom stereocenters. The summed E-state index contributed by atoms with van der Waals surface area (Å²) >= 11 is 3.45. The maximum Gasteiger partial charge on any atom is 0.275 e. The highest BCUT2D eigenvalue weighted by atomic mass is 79.9. The van der Waals surface area contributed by atoms with Gasteiger partial charge in [-0.25, -0.2) is 9.82 Å². The Morgan fingerprint density at radius 3 is 2.38 bits per heavy atom.